The van der Waals surface area contributed by atoms with E-state index in [9.17, 15) is 0 Å². The summed E-state index contributed by atoms with van der Waals surface area (Å²) in [5.41, 5.74) is 4.28. The van der Waals surface area contributed by atoms with Crippen molar-refractivity contribution in [2.75, 3.05) is 19.6 Å². The van der Waals surface area contributed by atoms with E-state index in [2.05, 4.69) is 70.7 Å². The fourth-order valence-corrected chi connectivity index (χ4v) is 4.21. The molecule has 0 spiro atoms. The number of unbranched alkanes of at least 4 members (excludes halogenated alkanes) is 1. The second-order valence-corrected chi connectivity index (χ2v) is 7.35. The lowest BCUT2D eigenvalue weighted by molar-refractivity contribution is 0.209. The highest BCUT2D eigenvalue weighted by Gasteiger charge is 2.22. The maximum absolute atomic E-state index is 3.44. The Morgan fingerprint density at radius 1 is 0.880 bits per heavy atom. The van der Waals surface area contributed by atoms with Gasteiger partial charge in [0.15, 0.2) is 0 Å². The Hall–Kier alpha value is -2.06. The third-order valence-electron chi connectivity index (χ3n) is 5.68. The summed E-state index contributed by atoms with van der Waals surface area (Å²) in [5, 5.41) is 1.42. The summed E-state index contributed by atoms with van der Waals surface area (Å²) < 4.78 is 0. The van der Waals surface area contributed by atoms with Gasteiger partial charge in [0.1, 0.15) is 0 Å². The molecule has 2 aromatic carbocycles. The lowest BCUT2D eigenvalue weighted by atomic mass is 9.89. The van der Waals surface area contributed by atoms with E-state index in [0.717, 1.165) is 5.92 Å². The zero-order chi connectivity index (χ0) is 16.9. The van der Waals surface area contributed by atoms with Crippen LogP contribution in [-0.4, -0.2) is 29.5 Å². The Morgan fingerprint density at radius 3 is 2.48 bits per heavy atom. The fraction of sp³-hybridized carbons (Fsp3) is 0.391. The Bertz CT molecular complexity index is 782. The second kappa shape index (κ2) is 7.88. The predicted octanol–water partition coefficient (Wildman–Crippen LogP) is 5.37. The molecule has 2 nitrogen and oxygen atoms in total. The standard InChI is InChI=1S/C23H28N2/c1-2-8-19(9-3-1)10-6-7-15-25-16-13-20(14-17-25)22-18-24-23-12-5-4-11-21(22)23/h1-5,8-9,11-12,18,20,24H,6-7,10,13-17H2. The van der Waals surface area contributed by atoms with E-state index in [0.29, 0.717) is 0 Å². The molecular formula is C23H28N2. The first-order valence-corrected chi connectivity index (χ1v) is 9.72. The van der Waals surface area contributed by atoms with Gasteiger partial charge in [0.2, 0.25) is 0 Å². The van der Waals surface area contributed by atoms with Gasteiger partial charge in [-0.1, -0.05) is 48.5 Å². The minimum Gasteiger partial charge on any atom is -0.361 e. The molecule has 1 saturated heterocycles. The van der Waals surface area contributed by atoms with Gasteiger partial charge < -0.3 is 9.88 Å². The van der Waals surface area contributed by atoms with Crippen LogP contribution in [0.1, 0.15) is 42.7 Å². The highest BCUT2D eigenvalue weighted by Crippen LogP contribution is 2.33. The van der Waals surface area contributed by atoms with Crippen LogP contribution in [0.5, 0.6) is 0 Å². The summed E-state index contributed by atoms with van der Waals surface area (Å²) >= 11 is 0. The molecule has 0 saturated carbocycles. The minimum absolute atomic E-state index is 0.719. The normalized spacial score (nSPS) is 16.5. The molecule has 1 aromatic heterocycles. The van der Waals surface area contributed by atoms with Gasteiger partial charge in [0, 0.05) is 17.1 Å². The van der Waals surface area contributed by atoms with Crippen LogP contribution in [0.4, 0.5) is 0 Å². The van der Waals surface area contributed by atoms with E-state index in [1.165, 1.54) is 73.8 Å². The van der Waals surface area contributed by atoms with Gasteiger partial charge in [-0.25, -0.2) is 0 Å². The van der Waals surface area contributed by atoms with Crippen LogP contribution in [0.3, 0.4) is 0 Å². The van der Waals surface area contributed by atoms with Crippen molar-refractivity contribution in [3.63, 3.8) is 0 Å². The Labute approximate surface area is 150 Å². The van der Waals surface area contributed by atoms with Crippen molar-refractivity contribution < 1.29 is 0 Å². The van der Waals surface area contributed by atoms with E-state index in [-0.39, 0.29) is 0 Å². The number of hydrogen-bond acceptors (Lipinski definition) is 1. The quantitative estimate of drug-likeness (QED) is 0.601. The summed E-state index contributed by atoms with van der Waals surface area (Å²) in [7, 11) is 0. The molecular weight excluding hydrogens is 304 g/mol. The monoisotopic (exact) mass is 332 g/mol. The Kier molecular flexibility index (Phi) is 5.17. The topological polar surface area (TPSA) is 19.0 Å². The number of nitrogens with zero attached hydrogens (tertiary/aromatic N) is 1. The molecule has 0 amide bonds. The van der Waals surface area contributed by atoms with Gasteiger partial charge in [-0.05, 0) is 74.8 Å². The molecule has 2 heteroatoms. The molecule has 25 heavy (non-hydrogen) atoms. The van der Waals surface area contributed by atoms with E-state index in [1.807, 2.05) is 0 Å². The van der Waals surface area contributed by atoms with Crippen molar-refractivity contribution in [2.24, 2.45) is 0 Å². The Balaban J connectivity index is 1.23. The molecule has 0 bridgehead atoms. The van der Waals surface area contributed by atoms with Gasteiger partial charge in [-0.15, -0.1) is 0 Å². The first kappa shape index (κ1) is 16.4. The number of fused-ring (bicyclic) bond motifs is 1. The number of benzene rings is 2. The highest BCUT2D eigenvalue weighted by molar-refractivity contribution is 5.83. The summed E-state index contributed by atoms with van der Waals surface area (Å²) in [6, 6.07) is 19.6. The van der Waals surface area contributed by atoms with Crippen molar-refractivity contribution in [2.45, 2.75) is 38.0 Å². The maximum Gasteiger partial charge on any atom is 0.0456 e. The molecule has 0 radical (unpaired) electrons. The number of piperidine rings is 1. The molecule has 0 atom stereocenters. The zero-order valence-corrected chi connectivity index (χ0v) is 15.0. The summed E-state index contributed by atoms with van der Waals surface area (Å²) in [5.74, 6) is 0.719. The molecule has 1 N–H and O–H groups in total. The van der Waals surface area contributed by atoms with Crippen LogP contribution in [-0.2, 0) is 6.42 Å². The number of rotatable bonds is 6. The third kappa shape index (κ3) is 3.96. The van der Waals surface area contributed by atoms with E-state index < -0.39 is 0 Å². The first-order valence-electron chi connectivity index (χ1n) is 9.72. The van der Waals surface area contributed by atoms with Gasteiger partial charge in [-0.3, -0.25) is 0 Å². The van der Waals surface area contributed by atoms with Gasteiger partial charge >= 0.3 is 0 Å². The highest BCUT2D eigenvalue weighted by atomic mass is 15.1. The Morgan fingerprint density at radius 2 is 1.64 bits per heavy atom. The molecule has 130 valence electrons. The summed E-state index contributed by atoms with van der Waals surface area (Å²) in [4.78, 5) is 6.10. The predicted molar refractivity (Wildman–Crippen MR) is 106 cm³/mol. The number of para-hydroxylation sites is 1. The molecule has 3 aromatic rings. The second-order valence-electron chi connectivity index (χ2n) is 7.35. The molecule has 4 rings (SSSR count). The van der Waals surface area contributed by atoms with Crippen molar-refractivity contribution in [1.29, 1.82) is 0 Å². The van der Waals surface area contributed by atoms with Crippen LogP contribution in [0.25, 0.3) is 10.9 Å². The molecule has 0 unspecified atom stereocenters. The average molecular weight is 332 g/mol. The smallest absolute Gasteiger partial charge is 0.0456 e. The number of nitrogens with one attached hydrogen (secondary N) is 1. The van der Waals surface area contributed by atoms with E-state index in [4.69, 9.17) is 0 Å². The van der Waals surface area contributed by atoms with Crippen molar-refractivity contribution in [1.82, 2.24) is 9.88 Å². The van der Waals surface area contributed by atoms with Crippen LogP contribution in [0.15, 0.2) is 60.8 Å². The molecule has 1 fully saturated rings. The minimum atomic E-state index is 0.719. The van der Waals surface area contributed by atoms with Crippen LogP contribution < -0.4 is 0 Å². The number of aromatic amines is 1. The van der Waals surface area contributed by atoms with Crippen LogP contribution >= 0.6 is 0 Å². The summed E-state index contributed by atoms with van der Waals surface area (Å²) in [6.45, 7) is 3.75. The molecule has 1 aliphatic heterocycles. The molecule has 1 aliphatic rings. The lowest BCUT2D eigenvalue weighted by Gasteiger charge is -2.32. The fourth-order valence-electron chi connectivity index (χ4n) is 4.21. The zero-order valence-electron chi connectivity index (χ0n) is 15.0. The number of H-pyrrole nitrogens is 1. The van der Waals surface area contributed by atoms with Gasteiger partial charge in [0.25, 0.3) is 0 Å². The average Bonchev–Trinajstić information content (AvgIpc) is 3.11. The number of hydrogen-bond donors (Lipinski definition) is 1. The largest absolute Gasteiger partial charge is 0.361 e. The van der Waals surface area contributed by atoms with Crippen LogP contribution in [0, 0.1) is 0 Å². The lowest BCUT2D eigenvalue weighted by Crippen LogP contribution is -2.33. The number of aromatic nitrogens is 1. The van der Waals surface area contributed by atoms with Gasteiger partial charge in [-0.2, -0.15) is 0 Å². The van der Waals surface area contributed by atoms with Gasteiger partial charge in [0.05, 0.1) is 0 Å². The first-order chi connectivity index (χ1) is 12.4. The van der Waals surface area contributed by atoms with Crippen molar-refractivity contribution >= 4 is 10.9 Å². The number of likely N-dealkylation sites (tertiary alicyclic amines) is 1. The SMILES string of the molecule is c1ccc(CCCCN2CCC(c3c[nH]c4ccccc34)CC2)cc1. The number of aryl methyl sites for hydroxylation is 1. The van der Waals surface area contributed by atoms with E-state index >= 15 is 0 Å². The molecule has 0 aliphatic carbocycles. The van der Waals surface area contributed by atoms with Crippen LogP contribution in [0.2, 0.25) is 0 Å². The maximum atomic E-state index is 3.44. The van der Waals surface area contributed by atoms with Crippen molar-refractivity contribution in [3.05, 3.63) is 71.9 Å². The molecule has 2 heterocycles. The third-order valence-corrected chi connectivity index (χ3v) is 5.68. The van der Waals surface area contributed by atoms with Crippen molar-refractivity contribution in [3.8, 4) is 0 Å². The summed E-state index contributed by atoms with van der Waals surface area (Å²) in [6.07, 6.45) is 8.65. The van der Waals surface area contributed by atoms with E-state index in [1.54, 1.807) is 0 Å².